The summed E-state index contributed by atoms with van der Waals surface area (Å²) < 4.78 is 37.9. The molecule has 2 amide bonds. The lowest BCUT2D eigenvalue weighted by Gasteiger charge is -2.24. The van der Waals surface area contributed by atoms with Gasteiger partial charge in [0.25, 0.3) is 0 Å². The molecule has 1 unspecified atom stereocenters. The van der Waals surface area contributed by atoms with E-state index in [0.717, 1.165) is 18.8 Å². The maximum Gasteiger partial charge on any atom is 0.471 e. The number of carbonyl (C=O) groups is 2. The van der Waals surface area contributed by atoms with Crippen molar-refractivity contribution >= 4 is 23.2 Å². The van der Waals surface area contributed by atoms with Gasteiger partial charge in [0.05, 0.1) is 12.2 Å². The molecule has 2 heterocycles. The van der Waals surface area contributed by atoms with Crippen molar-refractivity contribution < 1.29 is 22.8 Å². The Morgan fingerprint density at radius 1 is 1.38 bits per heavy atom. The van der Waals surface area contributed by atoms with Gasteiger partial charge >= 0.3 is 12.1 Å². The van der Waals surface area contributed by atoms with Crippen LogP contribution >= 0.6 is 11.3 Å². The van der Waals surface area contributed by atoms with Crippen LogP contribution in [0.5, 0.6) is 0 Å². The summed E-state index contributed by atoms with van der Waals surface area (Å²) in [5, 5.41) is 5.20. The van der Waals surface area contributed by atoms with Crippen LogP contribution in [0, 0.1) is 0 Å². The second-order valence-corrected chi connectivity index (χ2v) is 7.01. The molecule has 1 aromatic heterocycles. The van der Waals surface area contributed by atoms with Crippen molar-refractivity contribution in [3.63, 3.8) is 0 Å². The van der Waals surface area contributed by atoms with E-state index in [4.69, 9.17) is 0 Å². The Labute approximate surface area is 154 Å². The minimum Gasteiger partial charge on any atom is -0.348 e. The van der Waals surface area contributed by atoms with Crippen LogP contribution in [0.3, 0.4) is 0 Å². The first-order valence-electron chi connectivity index (χ1n) is 8.57. The summed E-state index contributed by atoms with van der Waals surface area (Å²) in [6, 6.07) is -1.07. The molecule has 0 aliphatic carbocycles. The van der Waals surface area contributed by atoms with Gasteiger partial charge in [-0.1, -0.05) is 13.8 Å². The van der Waals surface area contributed by atoms with Crippen molar-refractivity contribution in [2.75, 3.05) is 19.6 Å². The molecule has 0 aromatic carbocycles. The van der Waals surface area contributed by atoms with Crippen LogP contribution in [0.15, 0.2) is 5.38 Å². The highest BCUT2D eigenvalue weighted by atomic mass is 32.1. The molecule has 6 nitrogen and oxygen atoms in total. The first kappa shape index (κ1) is 20.6. The van der Waals surface area contributed by atoms with Gasteiger partial charge in [-0.25, -0.2) is 4.98 Å². The zero-order valence-corrected chi connectivity index (χ0v) is 15.6. The number of carbonyl (C=O) groups excluding carboxylic acids is 2. The number of amides is 2. The molecule has 0 saturated carbocycles. The molecule has 0 radical (unpaired) electrons. The summed E-state index contributed by atoms with van der Waals surface area (Å²) >= 11 is 1.40. The van der Waals surface area contributed by atoms with Crippen molar-refractivity contribution in [2.24, 2.45) is 0 Å². The zero-order chi connectivity index (χ0) is 19.3. The monoisotopic (exact) mass is 392 g/mol. The van der Waals surface area contributed by atoms with Gasteiger partial charge < -0.3 is 10.2 Å². The maximum atomic E-state index is 12.6. The number of alkyl halides is 3. The number of rotatable bonds is 7. The van der Waals surface area contributed by atoms with Crippen molar-refractivity contribution in [3.05, 3.63) is 16.1 Å². The van der Waals surface area contributed by atoms with E-state index in [2.05, 4.69) is 29.0 Å². The lowest BCUT2D eigenvalue weighted by atomic mass is 10.2. The van der Waals surface area contributed by atoms with E-state index < -0.39 is 24.0 Å². The number of nitrogens with zero attached hydrogens (tertiary/aromatic N) is 3. The largest absolute Gasteiger partial charge is 0.471 e. The number of thiazole rings is 1. The van der Waals surface area contributed by atoms with Gasteiger partial charge in [-0.15, -0.1) is 11.3 Å². The third kappa shape index (κ3) is 5.16. The highest BCUT2D eigenvalue weighted by Gasteiger charge is 2.47. The maximum absolute atomic E-state index is 12.6. The van der Waals surface area contributed by atoms with Gasteiger partial charge in [0.2, 0.25) is 5.91 Å². The van der Waals surface area contributed by atoms with Crippen molar-refractivity contribution in [1.29, 1.82) is 0 Å². The second kappa shape index (κ2) is 8.81. The van der Waals surface area contributed by atoms with E-state index in [0.29, 0.717) is 22.9 Å². The average molecular weight is 392 g/mol. The van der Waals surface area contributed by atoms with E-state index in [1.165, 1.54) is 11.3 Å². The summed E-state index contributed by atoms with van der Waals surface area (Å²) in [7, 11) is 0. The third-order valence-corrected chi connectivity index (χ3v) is 5.25. The molecule has 1 aromatic rings. The summed E-state index contributed by atoms with van der Waals surface area (Å²) in [5.74, 6) is -2.52. The quantitative estimate of drug-likeness (QED) is 0.772. The molecule has 1 aliphatic heterocycles. The molecule has 10 heteroatoms. The summed E-state index contributed by atoms with van der Waals surface area (Å²) in [5.41, 5.74) is 0.901. The molecular formula is C16H23F3N4O2S. The molecule has 0 bridgehead atoms. The molecule has 1 saturated heterocycles. The summed E-state index contributed by atoms with van der Waals surface area (Å²) in [6.45, 7) is 6.75. The summed E-state index contributed by atoms with van der Waals surface area (Å²) in [4.78, 5) is 30.9. The molecule has 1 aliphatic rings. The Hall–Kier alpha value is -1.68. The zero-order valence-electron chi connectivity index (χ0n) is 14.8. The number of hydrogen-bond acceptors (Lipinski definition) is 5. The lowest BCUT2D eigenvalue weighted by Crippen LogP contribution is -2.50. The minimum absolute atomic E-state index is 0.0539. The molecular weight excluding hydrogens is 369 g/mol. The van der Waals surface area contributed by atoms with Crippen LogP contribution in [0.4, 0.5) is 13.2 Å². The fourth-order valence-corrected chi connectivity index (χ4v) is 3.63. The van der Waals surface area contributed by atoms with Crippen LogP contribution in [-0.2, 0) is 22.7 Å². The number of likely N-dealkylation sites (tertiary alicyclic amines) is 1. The number of halogens is 3. The van der Waals surface area contributed by atoms with Gasteiger partial charge in [-0.3, -0.25) is 14.5 Å². The Morgan fingerprint density at radius 2 is 2.08 bits per heavy atom. The standard InChI is InChI=1S/C16H23F3N4O2S/c1-3-22(4-2)9-11-10-26-13(21-11)8-20-14(24)12-6-5-7-23(12)15(25)16(17,18)19/h10,12H,3-9H2,1-2H3,(H,20,24). The van der Waals surface area contributed by atoms with Crippen LogP contribution in [0.25, 0.3) is 0 Å². The van der Waals surface area contributed by atoms with E-state index in [1.807, 2.05) is 5.38 Å². The van der Waals surface area contributed by atoms with Gasteiger partial charge in [-0.2, -0.15) is 13.2 Å². The first-order valence-corrected chi connectivity index (χ1v) is 9.45. The van der Waals surface area contributed by atoms with Gasteiger partial charge in [-0.05, 0) is 25.9 Å². The fourth-order valence-electron chi connectivity index (χ4n) is 2.90. The van der Waals surface area contributed by atoms with Crippen LogP contribution in [0.1, 0.15) is 37.4 Å². The van der Waals surface area contributed by atoms with E-state index in [1.54, 1.807) is 0 Å². The number of hydrogen-bond donors (Lipinski definition) is 1. The topological polar surface area (TPSA) is 65.5 Å². The Kier molecular flexibility index (Phi) is 6.99. The Bertz CT molecular complexity index is 631. The lowest BCUT2D eigenvalue weighted by molar-refractivity contribution is -0.186. The smallest absolute Gasteiger partial charge is 0.348 e. The highest BCUT2D eigenvalue weighted by molar-refractivity contribution is 7.09. The third-order valence-electron chi connectivity index (χ3n) is 4.35. The molecule has 1 N–H and O–H groups in total. The second-order valence-electron chi connectivity index (χ2n) is 6.07. The SMILES string of the molecule is CCN(CC)Cc1csc(CNC(=O)C2CCCN2C(=O)C(F)(F)F)n1. The van der Waals surface area contributed by atoms with Crippen molar-refractivity contribution in [3.8, 4) is 0 Å². The van der Waals surface area contributed by atoms with Crippen molar-refractivity contribution in [1.82, 2.24) is 20.1 Å². The number of nitrogens with one attached hydrogen (secondary N) is 1. The normalized spacial score (nSPS) is 17.8. The minimum atomic E-state index is -4.96. The molecule has 26 heavy (non-hydrogen) atoms. The van der Waals surface area contributed by atoms with Crippen LogP contribution in [-0.4, -0.2) is 58.5 Å². The molecule has 2 rings (SSSR count). The average Bonchev–Trinajstić information content (AvgIpc) is 3.25. The predicted octanol–water partition coefficient (Wildman–Crippen LogP) is 2.15. The first-order chi connectivity index (χ1) is 12.3. The van der Waals surface area contributed by atoms with Gasteiger partial charge in [0.15, 0.2) is 0 Å². The number of aromatic nitrogens is 1. The predicted molar refractivity (Wildman–Crippen MR) is 91.4 cm³/mol. The van der Waals surface area contributed by atoms with E-state index >= 15 is 0 Å². The summed E-state index contributed by atoms with van der Waals surface area (Å²) in [6.07, 6.45) is -4.35. The van der Waals surface area contributed by atoms with Crippen molar-refractivity contribution in [2.45, 2.75) is 52.0 Å². The fraction of sp³-hybridized carbons (Fsp3) is 0.688. The molecule has 0 spiro atoms. The van der Waals surface area contributed by atoms with Gasteiger partial charge in [0, 0.05) is 18.5 Å². The van der Waals surface area contributed by atoms with E-state index in [-0.39, 0.29) is 19.5 Å². The Balaban J connectivity index is 1.90. The molecule has 146 valence electrons. The van der Waals surface area contributed by atoms with E-state index in [9.17, 15) is 22.8 Å². The molecule has 1 fully saturated rings. The van der Waals surface area contributed by atoms with Gasteiger partial charge in [0.1, 0.15) is 11.0 Å². The molecule has 1 atom stereocenters. The highest BCUT2D eigenvalue weighted by Crippen LogP contribution is 2.25. The Morgan fingerprint density at radius 3 is 2.69 bits per heavy atom. The van der Waals surface area contributed by atoms with Crippen LogP contribution in [0.2, 0.25) is 0 Å². The van der Waals surface area contributed by atoms with Crippen LogP contribution < -0.4 is 5.32 Å².